The van der Waals surface area contributed by atoms with E-state index in [9.17, 15) is 4.39 Å². The van der Waals surface area contributed by atoms with Crippen LogP contribution in [-0.2, 0) is 6.42 Å². The highest BCUT2D eigenvalue weighted by Crippen LogP contribution is 2.17. The van der Waals surface area contributed by atoms with Gasteiger partial charge >= 0.3 is 0 Å². The molecule has 2 aromatic carbocycles. The van der Waals surface area contributed by atoms with Crippen molar-refractivity contribution in [3.63, 3.8) is 0 Å². The minimum absolute atomic E-state index is 0.0137. The van der Waals surface area contributed by atoms with E-state index < -0.39 is 5.82 Å². The zero-order valence-corrected chi connectivity index (χ0v) is 10.8. The molecule has 0 aliphatic heterocycles. The molecule has 0 aliphatic carbocycles. The van der Waals surface area contributed by atoms with Gasteiger partial charge in [-0.15, -0.1) is 0 Å². The molecule has 2 nitrogen and oxygen atoms in total. The molecule has 0 saturated carbocycles. The number of rotatable bonds is 4. The number of hydrogen-bond acceptors (Lipinski definition) is 2. The fourth-order valence-electron chi connectivity index (χ4n) is 1.66. The first-order chi connectivity index (χ1) is 9.19. The van der Waals surface area contributed by atoms with Crippen molar-refractivity contribution in [2.75, 3.05) is 6.61 Å². The first kappa shape index (κ1) is 13.4. The van der Waals surface area contributed by atoms with Crippen LogP contribution in [0.4, 0.5) is 4.39 Å². The van der Waals surface area contributed by atoms with Crippen molar-refractivity contribution in [2.24, 2.45) is 0 Å². The molecule has 0 aliphatic rings. The molecular weight excluding hydrogens is 265 g/mol. The van der Waals surface area contributed by atoms with Gasteiger partial charge in [-0.25, -0.2) is 4.39 Å². The van der Waals surface area contributed by atoms with E-state index in [2.05, 4.69) is 0 Å². The minimum atomic E-state index is -0.537. The lowest BCUT2D eigenvalue weighted by Gasteiger charge is -2.07. The van der Waals surface area contributed by atoms with Crippen molar-refractivity contribution in [1.29, 1.82) is 5.26 Å². The Balaban J connectivity index is 1.95. The van der Waals surface area contributed by atoms with Crippen molar-refractivity contribution in [2.45, 2.75) is 6.42 Å². The van der Waals surface area contributed by atoms with Crippen LogP contribution in [0.2, 0.25) is 5.02 Å². The van der Waals surface area contributed by atoms with Crippen molar-refractivity contribution >= 4 is 11.6 Å². The van der Waals surface area contributed by atoms with Crippen LogP contribution < -0.4 is 4.74 Å². The van der Waals surface area contributed by atoms with Crippen molar-refractivity contribution in [3.8, 4) is 11.8 Å². The number of nitriles is 1. The Kier molecular flexibility index (Phi) is 4.38. The summed E-state index contributed by atoms with van der Waals surface area (Å²) in [7, 11) is 0. The SMILES string of the molecule is N#Cc1cc(OCCc2cccc(Cl)c2)ccc1F. The third-order valence-electron chi connectivity index (χ3n) is 2.61. The molecule has 4 heteroatoms. The molecule has 19 heavy (non-hydrogen) atoms. The van der Waals surface area contributed by atoms with E-state index in [0.717, 1.165) is 5.56 Å². The van der Waals surface area contributed by atoms with E-state index in [4.69, 9.17) is 21.6 Å². The Hall–Kier alpha value is -2.05. The fourth-order valence-corrected chi connectivity index (χ4v) is 1.87. The molecule has 0 radical (unpaired) electrons. The van der Waals surface area contributed by atoms with E-state index in [1.54, 1.807) is 6.07 Å². The minimum Gasteiger partial charge on any atom is -0.493 e. The monoisotopic (exact) mass is 275 g/mol. The Morgan fingerprint density at radius 1 is 1.21 bits per heavy atom. The number of hydrogen-bond donors (Lipinski definition) is 0. The molecule has 0 atom stereocenters. The summed E-state index contributed by atoms with van der Waals surface area (Å²) in [6.07, 6.45) is 0.694. The average Bonchev–Trinajstić information content (AvgIpc) is 2.41. The predicted octanol–water partition coefficient (Wildman–Crippen LogP) is 3.97. The Morgan fingerprint density at radius 3 is 2.79 bits per heavy atom. The first-order valence-electron chi connectivity index (χ1n) is 5.76. The van der Waals surface area contributed by atoms with E-state index >= 15 is 0 Å². The number of benzene rings is 2. The second-order valence-corrected chi connectivity index (χ2v) is 4.42. The van der Waals surface area contributed by atoms with Crippen LogP contribution in [0, 0.1) is 17.1 Å². The lowest BCUT2D eigenvalue weighted by Crippen LogP contribution is -2.01. The van der Waals surface area contributed by atoms with Gasteiger partial charge in [0.2, 0.25) is 0 Å². The van der Waals surface area contributed by atoms with Crippen LogP contribution in [0.3, 0.4) is 0 Å². The predicted molar refractivity (Wildman–Crippen MR) is 71.8 cm³/mol. The van der Waals surface area contributed by atoms with Gasteiger partial charge in [-0.1, -0.05) is 23.7 Å². The molecule has 0 bridgehead atoms. The average molecular weight is 276 g/mol. The Bertz CT molecular complexity index is 622. The van der Waals surface area contributed by atoms with Crippen LogP contribution in [-0.4, -0.2) is 6.61 Å². The lowest BCUT2D eigenvalue weighted by atomic mass is 10.2. The summed E-state index contributed by atoms with van der Waals surface area (Å²) in [5.74, 6) is -0.0512. The molecule has 0 aromatic heterocycles. The second kappa shape index (κ2) is 6.21. The second-order valence-electron chi connectivity index (χ2n) is 3.98. The zero-order valence-electron chi connectivity index (χ0n) is 10.1. The molecule has 2 aromatic rings. The molecular formula is C15H11ClFNO. The van der Waals surface area contributed by atoms with Crippen LogP contribution >= 0.6 is 11.6 Å². The molecule has 0 saturated heterocycles. The summed E-state index contributed by atoms with van der Waals surface area (Å²) in [4.78, 5) is 0. The summed E-state index contributed by atoms with van der Waals surface area (Å²) >= 11 is 5.88. The highest BCUT2D eigenvalue weighted by Gasteiger charge is 2.03. The highest BCUT2D eigenvalue weighted by molar-refractivity contribution is 6.30. The largest absolute Gasteiger partial charge is 0.493 e. The van der Waals surface area contributed by atoms with E-state index in [1.165, 1.54) is 18.2 Å². The molecule has 0 fully saturated rings. The number of ether oxygens (including phenoxy) is 1. The molecule has 0 heterocycles. The van der Waals surface area contributed by atoms with Crippen LogP contribution in [0.15, 0.2) is 42.5 Å². The van der Waals surface area contributed by atoms with Gasteiger partial charge in [0.15, 0.2) is 0 Å². The highest BCUT2D eigenvalue weighted by atomic mass is 35.5. The van der Waals surface area contributed by atoms with Crippen LogP contribution in [0.1, 0.15) is 11.1 Å². The summed E-state index contributed by atoms with van der Waals surface area (Å²) in [5, 5.41) is 9.40. The van der Waals surface area contributed by atoms with E-state index in [1.807, 2.05) is 24.3 Å². The number of halogens is 2. The normalized spacial score (nSPS) is 9.95. The van der Waals surface area contributed by atoms with Gasteiger partial charge < -0.3 is 4.74 Å². The number of nitrogens with zero attached hydrogens (tertiary/aromatic N) is 1. The van der Waals surface area contributed by atoms with Gasteiger partial charge in [0.05, 0.1) is 12.2 Å². The van der Waals surface area contributed by atoms with Gasteiger partial charge in [-0.3, -0.25) is 0 Å². The maximum atomic E-state index is 13.1. The maximum absolute atomic E-state index is 13.1. The van der Waals surface area contributed by atoms with Crippen LogP contribution in [0.25, 0.3) is 0 Å². The van der Waals surface area contributed by atoms with Crippen molar-refractivity contribution < 1.29 is 9.13 Å². The quantitative estimate of drug-likeness (QED) is 0.846. The van der Waals surface area contributed by atoms with E-state index in [0.29, 0.717) is 23.8 Å². The molecule has 0 spiro atoms. The summed E-state index contributed by atoms with van der Waals surface area (Å²) in [5.41, 5.74) is 1.05. The zero-order chi connectivity index (χ0) is 13.7. The molecule has 2 rings (SSSR count). The van der Waals surface area contributed by atoms with Crippen molar-refractivity contribution in [1.82, 2.24) is 0 Å². The summed E-state index contributed by atoms with van der Waals surface area (Å²) in [6, 6.07) is 13.4. The van der Waals surface area contributed by atoms with Gasteiger partial charge in [0, 0.05) is 17.5 Å². The Morgan fingerprint density at radius 2 is 2.05 bits per heavy atom. The van der Waals surface area contributed by atoms with E-state index in [-0.39, 0.29) is 5.56 Å². The van der Waals surface area contributed by atoms with Crippen LogP contribution in [0.5, 0.6) is 5.75 Å². The molecule has 0 amide bonds. The fraction of sp³-hybridized carbons (Fsp3) is 0.133. The van der Waals surface area contributed by atoms with Gasteiger partial charge in [0.1, 0.15) is 17.6 Å². The van der Waals surface area contributed by atoms with Gasteiger partial charge in [-0.05, 0) is 29.8 Å². The topological polar surface area (TPSA) is 33.0 Å². The lowest BCUT2D eigenvalue weighted by molar-refractivity contribution is 0.321. The standard InChI is InChI=1S/C15H11ClFNO/c16-13-3-1-2-11(8-13)6-7-19-14-4-5-15(17)12(9-14)10-18/h1-5,8-9H,6-7H2. The molecule has 0 unspecified atom stereocenters. The Labute approximate surface area is 116 Å². The molecule has 96 valence electrons. The molecule has 0 N–H and O–H groups in total. The van der Waals surface area contributed by atoms with Crippen molar-refractivity contribution in [3.05, 3.63) is 64.4 Å². The maximum Gasteiger partial charge on any atom is 0.141 e. The third-order valence-corrected chi connectivity index (χ3v) is 2.84. The smallest absolute Gasteiger partial charge is 0.141 e. The summed E-state index contributed by atoms with van der Waals surface area (Å²) in [6.45, 7) is 0.441. The first-order valence-corrected chi connectivity index (χ1v) is 6.14. The van der Waals surface area contributed by atoms with Gasteiger partial charge in [-0.2, -0.15) is 5.26 Å². The summed E-state index contributed by atoms with van der Waals surface area (Å²) < 4.78 is 18.6. The van der Waals surface area contributed by atoms with Gasteiger partial charge in [0.25, 0.3) is 0 Å². The third kappa shape index (κ3) is 3.70.